The Morgan fingerprint density at radius 3 is 2.89 bits per heavy atom. The van der Waals surface area contributed by atoms with Crippen molar-refractivity contribution < 1.29 is 4.42 Å². The minimum Gasteiger partial charge on any atom is -0.462 e. The number of rotatable bonds is 2. The predicted octanol–water partition coefficient (Wildman–Crippen LogP) is 5.14. The number of aromatic nitrogens is 1. The molecule has 0 N–H and O–H groups in total. The lowest BCUT2D eigenvalue weighted by atomic mass is 10.2. The molecule has 18 heavy (non-hydrogen) atoms. The van der Waals surface area contributed by atoms with E-state index in [1.165, 1.54) is 0 Å². The fourth-order valence-corrected chi connectivity index (χ4v) is 3.03. The van der Waals surface area contributed by atoms with E-state index in [-0.39, 0.29) is 0 Å². The van der Waals surface area contributed by atoms with Gasteiger partial charge in [0.25, 0.3) is 0 Å². The van der Waals surface area contributed by atoms with Gasteiger partial charge in [0.05, 0.1) is 12.0 Å². The van der Waals surface area contributed by atoms with Crippen molar-refractivity contribution in [2.24, 2.45) is 0 Å². The summed E-state index contributed by atoms with van der Waals surface area (Å²) >= 11 is 5.08. The van der Waals surface area contributed by atoms with Crippen LogP contribution in [0.15, 0.2) is 50.9 Å². The first kappa shape index (κ1) is 11.7. The highest BCUT2D eigenvalue weighted by molar-refractivity contribution is 9.10. The van der Waals surface area contributed by atoms with E-state index >= 15 is 0 Å². The molecule has 0 unspecified atom stereocenters. The summed E-state index contributed by atoms with van der Waals surface area (Å²) in [7, 11) is 0. The number of thiazole rings is 1. The van der Waals surface area contributed by atoms with Gasteiger partial charge in [-0.1, -0.05) is 28.1 Å². The van der Waals surface area contributed by atoms with E-state index in [4.69, 9.17) is 4.42 Å². The van der Waals surface area contributed by atoms with Crippen molar-refractivity contribution >= 4 is 27.3 Å². The second-order valence-corrected chi connectivity index (χ2v) is 5.75. The predicted molar refractivity (Wildman–Crippen MR) is 77.7 cm³/mol. The second-order valence-electron chi connectivity index (χ2n) is 3.98. The average molecular weight is 320 g/mol. The molecular formula is C14H10BrNOS. The van der Waals surface area contributed by atoms with Crippen LogP contribution < -0.4 is 0 Å². The highest BCUT2D eigenvalue weighted by Crippen LogP contribution is 2.31. The van der Waals surface area contributed by atoms with E-state index < -0.39 is 0 Å². The first-order chi connectivity index (χ1) is 8.74. The minimum atomic E-state index is 0.862. The average Bonchev–Trinajstić information content (AvgIpc) is 2.97. The molecule has 0 aliphatic carbocycles. The van der Waals surface area contributed by atoms with Crippen LogP contribution in [0.1, 0.15) is 5.56 Å². The van der Waals surface area contributed by atoms with Gasteiger partial charge in [0.1, 0.15) is 0 Å². The SMILES string of the molecule is Cc1ccoc1-c1nc(-c2cccc(Br)c2)cs1. The van der Waals surface area contributed by atoms with Gasteiger partial charge in [-0.05, 0) is 30.7 Å². The van der Waals surface area contributed by atoms with Gasteiger partial charge in [-0.15, -0.1) is 11.3 Å². The van der Waals surface area contributed by atoms with Crippen LogP contribution in [-0.4, -0.2) is 4.98 Å². The Morgan fingerprint density at radius 2 is 2.17 bits per heavy atom. The van der Waals surface area contributed by atoms with E-state index in [1.807, 2.05) is 25.1 Å². The summed E-state index contributed by atoms with van der Waals surface area (Å²) < 4.78 is 6.52. The number of hydrogen-bond acceptors (Lipinski definition) is 3. The van der Waals surface area contributed by atoms with Crippen molar-refractivity contribution in [3.8, 4) is 22.0 Å². The fourth-order valence-electron chi connectivity index (χ4n) is 1.75. The summed E-state index contributed by atoms with van der Waals surface area (Å²) in [6.45, 7) is 2.03. The number of benzene rings is 1. The van der Waals surface area contributed by atoms with Crippen LogP contribution in [-0.2, 0) is 0 Å². The molecule has 0 bridgehead atoms. The Kier molecular flexibility index (Phi) is 3.06. The quantitative estimate of drug-likeness (QED) is 0.653. The van der Waals surface area contributed by atoms with Gasteiger partial charge >= 0.3 is 0 Å². The molecule has 0 amide bonds. The van der Waals surface area contributed by atoms with E-state index in [1.54, 1.807) is 17.6 Å². The van der Waals surface area contributed by atoms with Gasteiger partial charge in [-0.25, -0.2) is 4.98 Å². The van der Waals surface area contributed by atoms with E-state index in [2.05, 4.69) is 38.4 Å². The lowest BCUT2D eigenvalue weighted by Crippen LogP contribution is -1.79. The Morgan fingerprint density at radius 1 is 1.28 bits per heavy atom. The third-order valence-corrected chi connectivity index (χ3v) is 4.02. The monoisotopic (exact) mass is 319 g/mol. The van der Waals surface area contributed by atoms with E-state index in [9.17, 15) is 0 Å². The maximum atomic E-state index is 5.46. The largest absolute Gasteiger partial charge is 0.462 e. The molecule has 3 rings (SSSR count). The molecule has 90 valence electrons. The van der Waals surface area contributed by atoms with Crippen LogP contribution in [0.25, 0.3) is 22.0 Å². The van der Waals surface area contributed by atoms with Crippen LogP contribution in [0.2, 0.25) is 0 Å². The Bertz CT molecular complexity index is 686. The third kappa shape index (κ3) is 2.13. The molecule has 0 radical (unpaired) electrons. The molecule has 0 fully saturated rings. The summed E-state index contributed by atoms with van der Waals surface area (Å²) in [6, 6.07) is 10.1. The lowest BCUT2D eigenvalue weighted by Gasteiger charge is -1.97. The zero-order chi connectivity index (χ0) is 12.5. The van der Waals surface area contributed by atoms with Crippen LogP contribution in [0.3, 0.4) is 0 Å². The smallest absolute Gasteiger partial charge is 0.165 e. The van der Waals surface area contributed by atoms with Gasteiger partial charge in [-0.3, -0.25) is 0 Å². The summed E-state index contributed by atoms with van der Waals surface area (Å²) in [5.74, 6) is 0.862. The van der Waals surface area contributed by atoms with Crippen LogP contribution in [0, 0.1) is 6.92 Å². The summed E-state index contributed by atoms with van der Waals surface area (Å²) in [4.78, 5) is 4.63. The maximum absolute atomic E-state index is 5.46. The van der Waals surface area contributed by atoms with Gasteiger partial charge in [-0.2, -0.15) is 0 Å². The maximum Gasteiger partial charge on any atom is 0.165 e. The first-order valence-corrected chi connectivity index (χ1v) is 7.17. The highest BCUT2D eigenvalue weighted by atomic mass is 79.9. The Hall–Kier alpha value is -1.39. The summed E-state index contributed by atoms with van der Waals surface area (Å²) in [6.07, 6.45) is 1.70. The van der Waals surface area contributed by atoms with Crippen molar-refractivity contribution in [2.45, 2.75) is 6.92 Å². The van der Waals surface area contributed by atoms with Crippen LogP contribution in [0.4, 0.5) is 0 Å². The van der Waals surface area contributed by atoms with E-state index in [0.717, 1.165) is 32.1 Å². The number of halogens is 1. The molecular weight excluding hydrogens is 310 g/mol. The van der Waals surface area contributed by atoms with Gasteiger partial charge in [0.2, 0.25) is 0 Å². The topological polar surface area (TPSA) is 26.0 Å². The Labute approximate surface area is 117 Å². The van der Waals surface area contributed by atoms with Gasteiger partial charge < -0.3 is 4.42 Å². The first-order valence-electron chi connectivity index (χ1n) is 5.50. The molecule has 3 aromatic rings. The highest BCUT2D eigenvalue weighted by Gasteiger charge is 2.11. The minimum absolute atomic E-state index is 0.862. The van der Waals surface area contributed by atoms with Crippen molar-refractivity contribution in [3.63, 3.8) is 0 Å². The molecule has 0 aliphatic heterocycles. The molecule has 0 aliphatic rings. The molecule has 0 saturated carbocycles. The Balaban J connectivity index is 2.02. The number of aryl methyl sites for hydroxylation is 1. The van der Waals surface area contributed by atoms with Gasteiger partial charge in [0.15, 0.2) is 10.8 Å². The molecule has 2 heterocycles. The lowest BCUT2D eigenvalue weighted by molar-refractivity contribution is 0.580. The zero-order valence-corrected chi connectivity index (χ0v) is 12.1. The number of hydrogen-bond donors (Lipinski definition) is 0. The summed E-state index contributed by atoms with van der Waals surface area (Å²) in [5.41, 5.74) is 3.20. The normalized spacial score (nSPS) is 10.8. The molecule has 2 nitrogen and oxygen atoms in total. The van der Waals surface area contributed by atoms with Crippen molar-refractivity contribution in [1.29, 1.82) is 0 Å². The van der Waals surface area contributed by atoms with Crippen molar-refractivity contribution in [1.82, 2.24) is 4.98 Å². The molecule has 0 saturated heterocycles. The molecule has 0 atom stereocenters. The number of furan rings is 1. The van der Waals surface area contributed by atoms with Crippen molar-refractivity contribution in [2.75, 3.05) is 0 Å². The fraction of sp³-hybridized carbons (Fsp3) is 0.0714. The molecule has 0 spiro atoms. The zero-order valence-electron chi connectivity index (χ0n) is 9.68. The molecule has 4 heteroatoms. The second kappa shape index (κ2) is 4.71. The van der Waals surface area contributed by atoms with E-state index in [0.29, 0.717) is 0 Å². The van der Waals surface area contributed by atoms with Crippen molar-refractivity contribution in [3.05, 3.63) is 52.0 Å². The standard InChI is InChI=1S/C14H10BrNOS/c1-9-5-6-17-13(9)14-16-12(8-18-14)10-3-2-4-11(15)7-10/h2-8H,1H3. The summed E-state index contributed by atoms with van der Waals surface area (Å²) in [5, 5.41) is 2.98. The van der Waals surface area contributed by atoms with Gasteiger partial charge in [0, 0.05) is 15.4 Å². The third-order valence-electron chi connectivity index (χ3n) is 2.68. The molecule has 2 aromatic heterocycles. The molecule has 1 aromatic carbocycles. The van der Waals surface area contributed by atoms with Crippen LogP contribution >= 0.6 is 27.3 Å². The number of nitrogens with zero attached hydrogens (tertiary/aromatic N) is 1. The van der Waals surface area contributed by atoms with Crippen LogP contribution in [0.5, 0.6) is 0 Å².